The van der Waals surface area contributed by atoms with Crippen molar-refractivity contribution < 1.29 is 14.5 Å². The summed E-state index contributed by atoms with van der Waals surface area (Å²) < 4.78 is 5.45. The van der Waals surface area contributed by atoms with Crippen LogP contribution in [0, 0.1) is 10.1 Å². The van der Waals surface area contributed by atoms with Gasteiger partial charge in [-0.25, -0.2) is 10.4 Å². The van der Waals surface area contributed by atoms with E-state index in [1.54, 1.807) is 6.07 Å². The van der Waals surface area contributed by atoms with Crippen LogP contribution in [0.3, 0.4) is 0 Å². The van der Waals surface area contributed by atoms with Gasteiger partial charge in [-0.1, -0.05) is 23.7 Å². The number of hydrazone groups is 1. The van der Waals surface area contributed by atoms with Gasteiger partial charge in [-0.05, 0) is 30.7 Å². The molecule has 0 atom stereocenters. The molecule has 2 aromatic carbocycles. The Bertz CT molecular complexity index is 1080. The molecule has 1 amide bonds. The van der Waals surface area contributed by atoms with Gasteiger partial charge in [0.25, 0.3) is 5.69 Å². The maximum atomic E-state index is 12.0. The van der Waals surface area contributed by atoms with Crippen LogP contribution in [-0.4, -0.2) is 28.6 Å². The summed E-state index contributed by atoms with van der Waals surface area (Å²) in [6.07, 6.45) is 1.46. The van der Waals surface area contributed by atoms with Crippen LogP contribution in [0.25, 0.3) is 10.9 Å². The zero-order chi connectivity index (χ0) is 20.8. The van der Waals surface area contributed by atoms with Crippen LogP contribution in [0.1, 0.15) is 18.1 Å². The number of rotatable bonds is 7. The lowest BCUT2D eigenvalue weighted by Crippen LogP contribution is -2.19. The summed E-state index contributed by atoms with van der Waals surface area (Å²) >= 11 is 6.21. The van der Waals surface area contributed by atoms with Crippen molar-refractivity contribution in [3.8, 4) is 5.75 Å². The van der Waals surface area contributed by atoms with E-state index in [9.17, 15) is 14.9 Å². The number of pyridine rings is 1. The Morgan fingerprint density at radius 2 is 2.03 bits per heavy atom. The molecule has 9 heteroatoms. The molecule has 0 spiro atoms. The molecule has 0 radical (unpaired) electrons. The highest BCUT2D eigenvalue weighted by Gasteiger charge is 2.08. The summed E-state index contributed by atoms with van der Waals surface area (Å²) in [6, 6.07) is 13.1. The van der Waals surface area contributed by atoms with Gasteiger partial charge in [-0.3, -0.25) is 14.9 Å². The number of nitrogens with one attached hydrogen (secondary N) is 1. The molecule has 1 heterocycles. The van der Waals surface area contributed by atoms with Crippen LogP contribution < -0.4 is 10.2 Å². The molecule has 1 N–H and O–H groups in total. The number of carbonyl (C=O) groups excluding carboxylic acids is 1. The number of ether oxygens (including phenoxy) is 1. The number of nitro benzene ring substituents is 1. The van der Waals surface area contributed by atoms with Gasteiger partial charge in [0.1, 0.15) is 10.9 Å². The van der Waals surface area contributed by atoms with E-state index >= 15 is 0 Å². The molecular weight excluding hydrogens is 396 g/mol. The molecule has 0 bridgehead atoms. The Kier molecular flexibility index (Phi) is 6.36. The topological polar surface area (TPSA) is 107 Å². The average molecular weight is 413 g/mol. The highest BCUT2D eigenvalue weighted by molar-refractivity contribution is 6.32. The number of halogens is 1. The van der Waals surface area contributed by atoms with Crippen molar-refractivity contribution in [3.63, 3.8) is 0 Å². The molecule has 29 heavy (non-hydrogen) atoms. The van der Waals surface area contributed by atoms with Crippen molar-refractivity contribution in [1.82, 2.24) is 10.4 Å². The Labute approximate surface area is 171 Å². The molecule has 0 aliphatic heterocycles. The van der Waals surface area contributed by atoms with E-state index in [1.165, 1.54) is 30.5 Å². The van der Waals surface area contributed by atoms with Crippen molar-refractivity contribution in [1.29, 1.82) is 0 Å². The lowest BCUT2D eigenvalue weighted by Gasteiger charge is -2.06. The zero-order valence-electron chi connectivity index (χ0n) is 15.5. The van der Waals surface area contributed by atoms with Crippen molar-refractivity contribution in [2.75, 3.05) is 6.61 Å². The van der Waals surface area contributed by atoms with Crippen LogP contribution in [0.4, 0.5) is 5.69 Å². The van der Waals surface area contributed by atoms with Crippen molar-refractivity contribution in [2.24, 2.45) is 5.10 Å². The number of fused-ring (bicyclic) bond motifs is 1. The maximum Gasteiger partial charge on any atom is 0.269 e. The zero-order valence-corrected chi connectivity index (χ0v) is 16.2. The number of benzene rings is 2. The third-order valence-corrected chi connectivity index (χ3v) is 4.29. The summed E-state index contributed by atoms with van der Waals surface area (Å²) in [5.74, 6) is 0.352. The summed E-state index contributed by atoms with van der Waals surface area (Å²) in [5.41, 5.74) is 4.27. The summed E-state index contributed by atoms with van der Waals surface area (Å²) in [5, 5.41) is 15.7. The molecule has 3 aromatic rings. The Hall–Kier alpha value is -3.52. The molecule has 3 rings (SSSR count). The van der Waals surface area contributed by atoms with Crippen LogP contribution in [0.5, 0.6) is 5.75 Å². The largest absolute Gasteiger partial charge is 0.494 e. The first kappa shape index (κ1) is 20.2. The van der Waals surface area contributed by atoms with Crippen LogP contribution in [-0.2, 0) is 11.2 Å². The van der Waals surface area contributed by atoms with E-state index in [-0.39, 0.29) is 23.2 Å². The molecule has 148 valence electrons. The maximum absolute atomic E-state index is 12.0. The second-order valence-corrected chi connectivity index (χ2v) is 6.41. The van der Waals surface area contributed by atoms with Gasteiger partial charge in [0, 0.05) is 29.1 Å². The highest BCUT2D eigenvalue weighted by Crippen LogP contribution is 2.23. The highest BCUT2D eigenvalue weighted by atomic mass is 35.5. The fourth-order valence-electron chi connectivity index (χ4n) is 2.62. The third kappa shape index (κ3) is 5.26. The normalized spacial score (nSPS) is 11.0. The van der Waals surface area contributed by atoms with Gasteiger partial charge in [-0.15, -0.1) is 0 Å². The molecule has 0 fully saturated rings. The number of amides is 1. The van der Waals surface area contributed by atoms with E-state index < -0.39 is 4.92 Å². The van der Waals surface area contributed by atoms with Crippen molar-refractivity contribution in [3.05, 3.63) is 74.9 Å². The lowest BCUT2D eigenvalue weighted by atomic mass is 10.1. The number of aromatic nitrogens is 1. The first-order valence-corrected chi connectivity index (χ1v) is 9.12. The molecule has 0 unspecified atom stereocenters. The van der Waals surface area contributed by atoms with Gasteiger partial charge in [0.05, 0.1) is 29.7 Å². The summed E-state index contributed by atoms with van der Waals surface area (Å²) in [7, 11) is 0. The Morgan fingerprint density at radius 1 is 1.28 bits per heavy atom. The third-order valence-electron chi connectivity index (χ3n) is 3.99. The fraction of sp³-hybridized carbons (Fsp3) is 0.150. The second-order valence-electron chi connectivity index (χ2n) is 6.05. The van der Waals surface area contributed by atoms with Crippen molar-refractivity contribution in [2.45, 2.75) is 13.3 Å². The minimum absolute atomic E-state index is 0.0287. The molecule has 1 aromatic heterocycles. The molecular formula is C20H17ClN4O4. The number of non-ortho nitro benzene ring substituents is 1. The SMILES string of the molecule is CCOc1ccc2cc(C=NNC(=O)Cc3ccc([N+](=O)[O-])cc3)c(Cl)nc2c1. The predicted octanol–water partition coefficient (Wildman–Crippen LogP) is 3.89. The minimum atomic E-state index is -0.493. The van der Waals surface area contributed by atoms with Gasteiger partial charge < -0.3 is 4.74 Å². The Morgan fingerprint density at radius 3 is 2.72 bits per heavy atom. The molecule has 0 saturated carbocycles. The average Bonchev–Trinajstić information content (AvgIpc) is 2.69. The molecule has 0 aliphatic rings. The second kappa shape index (κ2) is 9.11. The standard InChI is InChI=1S/C20H17ClN4O4/c1-2-29-17-8-5-14-10-15(20(21)23-18(14)11-17)12-22-24-19(26)9-13-3-6-16(7-4-13)25(27)28/h3-8,10-12H,2,9H2,1H3,(H,24,26). The quantitative estimate of drug-likeness (QED) is 0.274. The van der Waals surface area contributed by atoms with Crippen LogP contribution >= 0.6 is 11.6 Å². The first-order chi connectivity index (χ1) is 14.0. The van der Waals surface area contributed by atoms with Crippen LogP contribution in [0.2, 0.25) is 5.15 Å². The smallest absolute Gasteiger partial charge is 0.269 e. The number of hydrogen-bond donors (Lipinski definition) is 1. The van der Waals surface area contributed by atoms with E-state index in [4.69, 9.17) is 16.3 Å². The molecule has 0 saturated heterocycles. The van der Waals surface area contributed by atoms with E-state index in [0.29, 0.717) is 29.0 Å². The van der Waals surface area contributed by atoms with Gasteiger partial charge >= 0.3 is 0 Å². The number of carbonyl (C=O) groups is 1. The van der Waals surface area contributed by atoms with Crippen molar-refractivity contribution >= 4 is 40.3 Å². The fourth-order valence-corrected chi connectivity index (χ4v) is 2.82. The van der Waals surface area contributed by atoms with E-state index in [2.05, 4.69) is 15.5 Å². The minimum Gasteiger partial charge on any atom is -0.494 e. The van der Waals surface area contributed by atoms with E-state index in [1.807, 2.05) is 25.1 Å². The monoisotopic (exact) mass is 412 g/mol. The van der Waals surface area contributed by atoms with Gasteiger partial charge in [-0.2, -0.15) is 5.10 Å². The summed E-state index contributed by atoms with van der Waals surface area (Å²) in [6.45, 7) is 2.46. The number of hydrogen-bond acceptors (Lipinski definition) is 6. The van der Waals surface area contributed by atoms with Gasteiger partial charge in [0.15, 0.2) is 0 Å². The lowest BCUT2D eigenvalue weighted by molar-refractivity contribution is -0.384. The van der Waals surface area contributed by atoms with Crippen LogP contribution in [0.15, 0.2) is 53.6 Å². The predicted molar refractivity (Wildman–Crippen MR) is 110 cm³/mol. The number of nitrogens with zero attached hydrogens (tertiary/aromatic N) is 3. The molecule has 0 aliphatic carbocycles. The van der Waals surface area contributed by atoms with Gasteiger partial charge in [0.2, 0.25) is 5.91 Å². The van der Waals surface area contributed by atoms with E-state index in [0.717, 1.165) is 5.39 Å². The number of nitro groups is 1. The molecule has 8 nitrogen and oxygen atoms in total. The summed E-state index contributed by atoms with van der Waals surface area (Å²) in [4.78, 5) is 26.5. The Balaban J connectivity index is 1.65. The first-order valence-electron chi connectivity index (χ1n) is 8.74.